The van der Waals surface area contributed by atoms with Crippen molar-refractivity contribution in [3.63, 3.8) is 0 Å². The van der Waals surface area contributed by atoms with E-state index in [-0.39, 0.29) is 10.8 Å². The van der Waals surface area contributed by atoms with Crippen molar-refractivity contribution in [1.82, 2.24) is 19.5 Å². The fraction of sp³-hybridized carbons (Fsp3) is 0.123. The molecule has 11 aromatic rings. The van der Waals surface area contributed by atoms with Gasteiger partial charge in [-0.1, -0.05) is 199 Å². The van der Waals surface area contributed by atoms with Crippen molar-refractivity contribution in [2.45, 2.75) is 52.4 Å². The van der Waals surface area contributed by atoms with Gasteiger partial charge in [0.2, 0.25) is 0 Å². The van der Waals surface area contributed by atoms with Gasteiger partial charge in [-0.15, -0.1) is 0 Å². The zero-order chi connectivity index (χ0) is 48.0. The zero-order valence-corrected chi connectivity index (χ0v) is 40.5. The van der Waals surface area contributed by atoms with Crippen LogP contribution in [0.25, 0.3) is 95.0 Å². The Kier molecular flexibility index (Phi) is 11.3. The van der Waals surface area contributed by atoms with E-state index >= 15 is 0 Å². The third-order valence-electron chi connectivity index (χ3n) is 13.2. The Labute approximate surface area is 410 Å². The molecule has 9 aromatic carbocycles. The molecule has 0 N–H and O–H groups in total. The number of rotatable bonds is 9. The second kappa shape index (κ2) is 17.9. The third kappa shape index (κ3) is 8.67. The molecule has 70 heavy (non-hydrogen) atoms. The summed E-state index contributed by atoms with van der Waals surface area (Å²) >= 11 is 0. The highest BCUT2D eigenvalue weighted by Gasteiger charge is 2.26. The molecule has 0 aliphatic carbocycles. The van der Waals surface area contributed by atoms with E-state index in [4.69, 9.17) is 19.7 Å². The Hall–Kier alpha value is -8.41. The van der Waals surface area contributed by atoms with E-state index in [1.54, 1.807) is 0 Å². The maximum atomic E-state index is 6.34. The molecule has 2 heterocycles. The summed E-state index contributed by atoms with van der Waals surface area (Å²) in [6.07, 6.45) is 0. The van der Waals surface area contributed by atoms with Gasteiger partial charge < -0.3 is 9.30 Å². The lowest BCUT2D eigenvalue weighted by Crippen LogP contribution is -2.10. The van der Waals surface area contributed by atoms with Crippen molar-refractivity contribution in [2.75, 3.05) is 0 Å². The maximum Gasteiger partial charge on any atom is 0.164 e. The number of hydrogen-bond donors (Lipinski definition) is 0. The van der Waals surface area contributed by atoms with Crippen LogP contribution in [0, 0.1) is 0 Å². The van der Waals surface area contributed by atoms with Gasteiger partial charge in [0.25, 0.3) is 0 Å². The molecule has 0 radical (unpaired) electrons. The summed E-state index contributed by atoms with van der Waals surface area (Å²) < 4.78 is 8.83. The Morgan fingerprint density at radius 3 is 1.23 bits per heavy atom. The number of para-hydroxylation sites is 1. The molecule has 2 aromatic heterocycles. The second-order valence-corrected chi connectivity index (χ2v) is 20.1. The van der Waals surface area contributed by atoms with Crippen LogP contribution in [0.1, 0.15) is 52.7 Å². The number of fused-ring (bicyclic) bond motifs is 3. The minimum atomic E-state index is -0.0291. The summed E-state index contributed by atoms with van der Waals surface area (Å²) in [5.74, 6) is 3.13. The van der Waals surface area contributed by atoms with Gasteiger partial charge in [0.15, 0.2) is 17.5 Å². The lowest BCUT2D eigenvalue weighted by Gasteiger charge is -2.22. The van der Waals surface area contributed by atoms with E-state index in [0.29, 0.717) is 23.2 Å². The molecule has 0 unspecified atom stereocenters. The zero-order valence-electron chi connectivity index (χ0n) is 40.5. The first-order valence-corrected chi connectivity index (χ1v) is 24.1. The van der Waals surface area contributed by atoms with E-state index in [1.165, 1.54) is 21.9 Å². The van der Waals surface area contributed by atoms with Crippen molar-refractivity contribution in [1.29, 1.82) is 0 Å². The highest BCUT2D eigenvalue weighted by Crippen LogP contribution is 2.45. The second-order valence-electron chi connectivity index (χ2n) is 20.1. The number of nitrogens with zero attached hydrogens (tertiary/aromatic N) is 4. The molecule has 0 aliphatic rings. The molecular weight excluding hydrogens is 853 g/mol. The number of ether oxygens (including phenoxy) is 1. The van der Waals surface area contributed by atoms with Gasteiger partial charge in [0.1, 0.15) is 11.5 Å². The van der Waals surface area contributed by atoms with Crippen LogP contribution in [0.5, 0.6) is 11.5 Å². The third-order valence-corrected chi connectivity index (χ3v) is 13.2. The largest absolute Gasteiger partial charge is 0.457 e. The molecule has 0 bridgehead atoms. The maximum absolute atomic E-state index is 6.34. The van der Waals surface area contributed by atoms with Crippen LogP contribution in [0.15, 0.2) is 218 Å². The molecule has 0 aliphatic heterocycles. The van der Waals surface area contributed by atoms with Gasteiger partial charge in [-0.25, -0.2) is 15.0 Å². The van der Waals surface area contributed by atoms with Crippen LogP contribution in [-0.4, -0.2) is 19.5 Å². The molecule has 0 atom stereocenters. The molecule has 5 heteroatoms. The monoisotopic (exact) mass is 906 g/mol. The fourth-order valence-electron chi connectivity index (χ4n) is 9.41. The van der Waals surface area contributed by atoms with Crippen molar-refractivity contribution < 1.29 is 4.74 Å². The highest BCUT2D eigenvalue weighted by molar-refractivity contribution is 6.11. The summed E-state index contributed by atoms with van der Waals surface area (Å²) in [7, 11) is 0. The topological polar surface area (TPSA) is 52.8 Å². The van der Waals surface area contributed by atoms with E-state index < -0.39 is 0 Å². The quantitative estimate of drug-likeness (QED) is 0.145. The Bertz CT molecular complexity index is 3530. The van der Waals surface area contributed by atoms with Gasteiger partial charge in [-0.05, 0) is 105 Å². The van der Waals surface area contributed by atoms with Crippen LogP contribution in [0.2, 0.25) is 0 Å². The standard InChI is InChI=1S/C65H54N4O/c1-64(2,3)50-34-36-58-56(41-50)57-42-51(65(4,5)6)35-37-59(57)69(58)60-54(45-22-13-8-14-23-45)39-49(40-55(60)46-24-15-9-16-25-46)63-67-61(47-32-30-44(31-33-47)43-20-11-7-12-21-43)66-62(68-63)48-26-19-29-53(38-48)70-52-27-17-10-18-28-52/h7-42H,1-6H3. The smallest absolute Gasteiger partial charge is 0.164 e. The average Bonchev–Trinajstić information content (AvgIpc) is 3.71. The van der Waals surface area contributed by atoms with Gasteiger partial charge in [-0.3, -0.25) is 0 Å². The number of hydrogen-bond acceptors (Lipinski definition) is 4. The number of aromatic nitrogens is 4. The van der Waals surface area contributed by atoms with Gasteiger partial charge in [-0.2, -0.15) is 0 Å². The van der Waals surface area contributed by atoms with E-state index in [9.17, 15) is 0 Å². The summed E-state index contributed by atoms with van der Waals surface area (Å²) in [4.78, 5) is 15.9. The Morgan fingerprint density at radius 1 is 0.329 bits per heavy atom. The van der Waals surface area contributed by atoms with Crippen LogP contribution < -0.4 is 4.74 Å². The predicted molar refractivity (Wildman–Crippen MR) is 291 cm³/mol. The molecule has 11 rings (SSSR count). The average molecular weight is 907 g/mol. The highest BCUT2D eigenvalue weighted by atomic mass is 16.5. The minimum Gasteiger partial charge on any atom is -0.457 e. The van der Waals surface area contributed by atoms with Gasteiger partial charge in [0, 0.05) is 38.6 Å². The summed E-state index contributed by atoms with van der Waals surface area (Å²) in [5, 5.41) is 2.47. The first-order chi connectivity index (χ1) is 33.9. The molecule has 5 nitrogen and oxygen atoms in total. The first-order valence-electron chi connectivity index (χ1n) is 24.1. The van der Waals surface area contributed by atoms with E-state index in [1.807, 2.05) is 60.7 Å². The molecule has 340 valence electrons. The van der Waals surface area contributed by atoms with Gasteiger partial charge >= 0.3 is 0 Å². The predicted octanol–water partition coefficient (Wildman–Crippen LogP) is 17.4. The van der Waals surface area contributed by atoms with E-state index in [0.717, 1.165) is 72.5 Å². The molecule has 0 spiro atoms. The van der Waals surface area contributed by atoms with Crippen LogP contribution in [-0.2, 0) is 10.8 Å². The lowest BCUT2D eigenvalue weighted by molar-refractivity contribution is 0.483. The minimum absolute atomic E-state index is 0.0291. The van der Waals surface area contributed by atoms with Crippen molar-refractivity contribution >= 4 is 21.8 Å². The Balaban J connectivity index is 1.18. The van der Waals surface area contributed by atoms with Crippen LogP contribution >= 0.6 is 0 Å². The SMILES string of the molecule is CC(C)(C)c1ccc2c(c1)c1cc(C(C)(C)C)ccc1n2-c1c(-c2ccccc2)cc(-c2nc(-c3ccc(-c4ccccc4)cc3)nc(-c3cccc(Oc4ccccc4)c3)n2)cc1-c1ccccc1. The number of benzene rings is 9. The normalized spacial score (nSPS) is 11.9. The summed E-state index contributed by atoms with van der Waals surface area (Å²) in [5.41, 5.74) is 15.1. The van der Waals surface area contributed by atoms with E-state index in [2.05, 4.69) is 204 Å². The van der Waals surface area contributed by atoms with Crippen molar-refractivity contribution in [3.8, 4) is 84.7 Å². The van der Waals surface area contributed by atoms with Crippen LogP contribution in [0.3, 0.4) is 0 Å². The molecule has 0 amide bonds. The molecule has 0 saturated carbocycles. The molecular formula is C65H54N4O. The molecule has 0 saturated heterocycles. The van der Waals surface area contributed by atoms with Gasteiger partial charge in [0.05, 0.1) is 16.7 Å². The first kappa shape index (κ1) is 44.1. The summed E-state index contributed by atoms with van der Waals surface area (Å²) in [6, 6.07) is 76.8. The van der Waals surface area contributed by atoms with Crippen molar-refractivity contribution in [3.05, 3.63) is 230 Å². The van der Waals surface area contributed by atoms with Crippen molar-refractivity contribution in [2.24, 2.45) is 0 Å². The van der Waals surface area contributed by atoms with Crippen LogP contribution in [0.4, 0.5) is 0 Å². The molecule has 0 fully saturated rings. The Morgan fingerprint density at radius 2 is 0.729 bits per heavy atom. The fourth-order valence-corrected chi connectivity index (χ4v) is 9.41. The lowest BCUT2D eigenvalue weighted by atomic mass is 9.85. The summed E-state index contributed by atoms with van der Waals surface area (Å²) in [6.45, 7) is 13.8.